The minimum absolute atomic E-state index is 0.396. The maximum absolute atomic E-state index is 9.19. The molecule has 2 N–H and O–H groups in total. The summed E-state index contributed by atoms with van der Waals surface area (Å²) in [5.74, 6) is 2.26. The average Bonchev–Trinajstić information content (AvgIpc) is 2.57. The van der Waals surface area contributed by atoms with Crippen LogP contribution in [0.4, 0.5) is 0 Å². The normalized spacial score (nSPS) is 42.4. The van der Waals surface area contributed by atoms with Gasteiger partial charge in [-0.2, -0.15) is 0 Å². The standard InChI is InChI=1S/C12H23NO/c1-9-5-12(6-9)13-7-10-3-2-4-11(10)8-14/h9-14H,2-8H2,1H3. The number of aliphatic hydroxyl groups excluding tert-OH is 1. The molecule has 82 valence electrons. The van der Waals surface area contributed by atoms with Crippen LogP contribution in [0, 0.1) is 17.8 Å². The van der Waals surface area contributed by atoms with E-state index in [2.05, 4.69) is 12.2 Å². The van der Waals surface area contributed by atoms with Gasteiger partial charge in [0.25, 0.3) is 0 Å². The predicted octanol–water partition coefficient (Wildman–Crippen LogP) is 1.78. The average molecular weight is 197 g/mol. The van der Waals surface area contributed by atoms with Crippen LogP contribution in [0.5, 0.6) is 0 Å². The molecule has 2 unspecified atom stereocenters. The molecule has 2 saturated carbocycles. The van der Waals surface area contributed by atoms with Crippen molar-refractivity contribution < 1.29 is 5.11 Å². The van der Waals surface area contributed by atoms with Crippen molar-refractivity contribution in [2.45, 2.75) is 45.1 Å². The summed E-state index contributed by atoms with van der Waals surface area (Å²) in [5.41, 5.74) is 0. The fourth-order valence-electron chi connectivity index (χ4n) is 3.01. The summed E-state index contributed by atoms with van der Waals surface area (Å²) in [6, 6.07) is 0.782. The lowest BCUT2D eigenvalue weighted by Crippen LogP contribution is -2.42. The zero-order valence-corrected chi connectivity index (χ0v) is 9.21. The van der Waals surface area contributed by atoms with Gasteiger partial charge in [-0.3, -0.25) is 0 Å². The Bertz CT molecular complexity index is 177. The molecule has 0 aromatic carbocycles. The Hall–Kier alpha value is -0.0800. The lowest BCUT2D eigenvalue weighted by atomic mass is 9.81. The number of hydrogen-bond donors (Lipinski definition) is 2. The molecule has 2 nitrogen and oxygen atoms in total. The van der Waals surface area contributed by atoms with Crippen molar-refractivity contribution in [3.63, 3.8) is 0 Å². The molecule has 0 heterocycles. The predicted molar refractivity (Wildman–Crippen MR) is 58.1 cm³/mol. The largest absolute Gasteiger partial charge is 0.396 e. The van der Waals surface area contributed by atoms with Gasteiger partial charge in [-0.05, 0) is 50.0 Å². The van der Waals surface area contributed by atoms with E-state index in [0.29, 0.717) is 12.5 Å². The minimum atomic E-state index is 0.396. The third kappa shape index (κ3) is 2.29. The first-order chi connectivity index (χ1) is 6.79. The van der Waals surface area contributed by atoms with Crippen molar-refractivity contribution >= 4 is 0 Å². The van der Waals surface area contributed by atoms with E-state index in [1.54, 1.807) is 0 Å². The molecule has 2 aliphatic carbocycles. The summed E-state index contributed by atoms with van der Waals surface area (Å²) in [7, 11) is 0. The van der Waals surface area contributed by atoms with Crippen molar-refractivity contribution in [1.82, 2.24) is 5.32 Å². The van der Waals surface area contributed by atoms with Gasteiger partial charge in [-0.1, -0.05) is 13.3 Å². The van der Waals surface area contributed by atoms with E-state index >= 15 is 0 Å². The van der Waals surface area contributed by atoms with Crippen LogP contribution in [0.15, 0.2) is 0 Å². The van der Waals surface area contributed by atoms with E-state index in [1.165, 1.54) is 32.1 Å². The van der Waals surface area contributed by atoms with Crippen LogP contribution < -0.4 is 5.32 Å². The molecule has 2 atom stereocenters. The Morgan fingerprint density at radius 3 is 2.57 bits per heavy atom. The molecule has 0 spiro atoms. The number of hydrogen-bond acceptors (Lipinski definition) is 2. The van der Waals surface area contributed by atoms with E-state index in [9.17, 15) is 5.11 Å². The van der Waals surface area contributed by atoms with Gasteiger partial charge in [0.15, 0.2) is 0 Å². The number of nitrogens with one attached hydrogen (secondary N) is 1. The fourth-order valence-corrected chi connectivity index (χ4v) is 3.01. The summed E-state index contributed by atoms with van der Waals surface area (Å²) < 4.78 is 0. The van der Waals surface area contributed by atoms with Crippen LogP contribution in [-0.4, -0.2) is 24.3 Å². The molecule has 0 saturated heterocycles. The van der Waals surface area contributed by atoms with Crippen LogP contribution in [0.3, 0.4) is 0 Å². The molecule has 0 amide bonds. The van der Waals surface area contributed by atoms with Crippen LogP contribution in [0.1, 0.15) is 39.0 Å². The summed E-state index contributed by atoms with van der Waals surface area (Å²) >= 11 is 0. The van der Waals surface area contributed by atoms with Crippen molar-refractivity contribution in [2.75, 3.05) is 13.2 Å². The highest BCUT2D eigenvalue weighted by atomic mass is 16.3. The summed E-state index contributed by atoms with van der Waals surface area (Å²) in [6.07, 6.45) is 6.59. The van der Waals surface area contributed by atoms with Gasteiger partial charge in [0.2, 0.25) is 0 Å². The third-order valence-corrected chi connectivity index (χ3v) is 4.09. The quantitative estimate of drug-likeness (QED) is 0.720. The Labute approximate surface area is 87.1 Å². The summed E-state index contributed by atoms with van der Waals surface area (Å²) in [4.78, 5) is 0. The Balaban J connectivity index is 1.65. The van der Waals surface area contributed by atoms with E-state index in [4.69, 9.17) is 0 Å². The maximum atomic E-state index is 9.19. The topological polar surface area (TPSA) is 32.3 Å². The lowest BCUT2D eigenvalue weighted by molar-refractivity contribution is 0.176. The fraction of sp³-hybridized carbons (Fsp3) is 1.00. The van der Waals surface area contributed by atoms with Gasteiger partial charge in [-0.15, -0.1) is 0 Å². The van der Waals surface area contributed by atoms with Crippen LogP contribution in [-0.2, 0) is 0 Å². The first-order valence-corrected chi connectivity index (χ1v) is 6.14. The van der Waals surface area contributed by atoms with Gasteiger partial charge in [0, 0.05) is 12.6 Å². The highest BCUT2D eigenvalue weighted by molar-refractivity contribution is 4.85. The zero-order chi connectivity index (χ0) is 9.97. The number of aliphatic hydroxyl groups is 1. The zero-order valence-electron chi connectivity index (χ0n) is 9.21. The van der Waals surface area contributed by atoms with Crippen LogP contribution >= 0.6 is 0 Å². The molecule has 2 rings (SSSR count). The lowest BCUT2D eigenvalue weighted by Gasteiger charge is -2.34. The molecule has 0 bridgehead atoms. The van der Waals surface area contributed by atoms with E-state index in [1.807, 2.05) is 0 Å². The second kappa shape index (κ2) is 4.63. The molecule has 0 radical (unpaired) electrons. The molecule has 0 aromatic rings. The second-order valence-corrected chi connectivity index (χ2v) is 5.32. The molecular formula is C12H23NO. The Morgan fingerprint density at radius 2 is 1.93 bits per heavy atom. The second-order valence-electron chi connectivity index (χ2n) is 5.32. The molecule has 2 aliphatic rings. The summed E-state index contributed by atoms with van der Waals surface area (Å²) in [5, 5.41) is 12.8. The van der Waals surface area contributed by atoms with Crippen molar-refractivity contribution in [1.29, 1.82) is 0 Å². The molecule has 2 fully saturated rings. The third-order valence-electron chi connectivity index (χ3n) is 4.09. The van der Waals surface area contributed by atoms with E-state index in [0.717, 1.165) is 24.4 Å². The monoisotopic (exact) mass is 197 g/mol. The maximum Gasteiger partial charge on any atom is 0.0462 e. The van der Waals surface area contributed by atoms with Crippen molar-refractivity contribution in [3.8, 4) is 0 Å². The van der Waals surface area contributed by atoms with Gasteiger partial charge in [0.1, 0.15) is 0 Å². The summed E-state index contributed by atoms with van der Waals surface area (Å²) in [6.45, 7) is 3.86. The SMILES string of the molecule is CC1CC(NCC2CCCC2CO)C1. The highest BCUT2D eigenvalue weighted by Crippen LogP contribution is 2.32. The van der Waals surface area contributed by atoms with Crippen molar-refractivity contribution in [2.24, 2.45) is 17.8 Å². The smallest absolute Gasteiger partial charge is 0.0462 e. The molecule has 2 heteroatoms. The molecule has 14 heavy (non-hydrogen) atoms. The first-order valence-electron chi connectivity index (χ1n) is 6.14. The molecule has 0 aromatic heterocycles. The first kappa shape index (κ1) is 10.4. The van der Waals surface area contributed by atoms with Gasteiger partial charge >= 0.3 is 0 Å². The van der Waals surface area contributed by atoms with Gasteiger partial charge in [-0.25, -0.2) is 0 Å². The van der Waals surface area contributed by atoms with E-state index < -0.39 is 0 Å². The minimum Gasteiger partial charge on any atom is -0.396 e. The van der Waals surface area contributed by atoms with Gasteiger partial charge < -0.3 is 10.4 Å². The highest BCUT2D eigenvalue weighted by Gasteiger charge is 2.29. The van der Waals surface area contributed by atoms with Crippen LogP contribution in [0.25, 0.3) is 0 Å². The van der Waals surface area contributed by atoms with Gasteiger partial charge in [0.05, 0.1) is 0 Å². The Kier molecular flexibility index (Phi) is 3.45. The van der Waals surface area contributed by atoms with Crippen molar-refractivity contribution in [3.05, 3.63) is 0 Å². The number of rotatable bonds is 4. The Morgan fingerprint density at radius 1 is 1.21 bits per heavy atom. The van der Waals surface area contributed by atoms with Crippen LogP contribution in [0.2, 0.25) is 0 Å². The molecule has 0 aliphatic heterocycles. The van der Waals surface area contributed by atoms with E-state index in [-0.39, 0.29) is 0 Å². The molecular weight excluding hydrogens is 174 g/mol.